The number of benzene rings is 2. The molecule has 0 saturated heterocycles. The zero-order valence-electron chi connectivity index (χ0n) is 10.9. The van der Waals surface area contributed by atoms with Crippen molar-refractivity contribution in [2.75, 3.05) is 0 Å². The Morgan fingerprint density at radius 1 is 1.16 bits per heavy atom. The van der Waals surface area contributed by atoms with Gasteiger partial charge in [-0.3, -0.25) is 0 Å². The van der Waals surface area contributed by atoms with Crippen molar-refractivity contribution in [3.8, 4) is 0 Å². The first-order valence-corrected chi connectivity index (χ1v) is 6.74. The fourth-order valence-corrected chi connectivity index (χ4v) is 2.20. The Kier molecular flexibility index (Phi) is 4.94. The second-order valence-corrected chi connectivity index (χ2v) is 5.14. The molecule has 2 aromatic carbocycles. The standard InChI is InChI=1S/C16H17ClFN/c1-12(9-13-5-3-2-4-6-13)19-11-14-10-15(17)7-8-16(14)18/h2-8,10,12,19H,9,11H2,1H3. The van der Waals surface area contributed by atoms with Gasteiger partial charge >= 0.3 is 0 Å². The molecule has 1 unspecified atom stereocenters. The molecule has 0 radical (unpaired) electrons. The number of nitrogens with one attached hydrogen (secondary N) is 1. The second-order valence-electron chi connectivity index (χ2n) is 4.71. The molecular formula is C16H17ClFN. The van der Waals surface area contributed by atoms with Gasteiger partial charge in [0.05, 0.1) is 0 Å². The van der Waals surface area contributed by atoms with Crippen LogP contribution in [0.3, 0.4) is 0 Å². The number of rotatable bonds is 5. The minimum absolute atomic E-state index is 0.219. The Hall–Kier alpha value is -1.38. The highest BCUT2D eigenvalue weighted by molar-refractivity contribution is 6.30. The van der Waals surface area contributed by atoms with Crippen molar-refractivity contribution in [1.29, 1.82) is 0 Å². The van der Waals surface area contributed by atoms with Crippen molar-refractivity contribution >= 4 is 11.6 Å². The highest BCUT2D eigenvalue weighted by Gasteiger charge is 2.06. The summed E-state index contributed by atoms with van der Waals surface area (Å²) in [5.74, 6) is -0.219. The van der Waals surface area contributed by atoms with E-state index in [2.05, 4.69) is 24.4 Å². The van der Waals surface area contributed by atoms with Crippen molar-refractivity contribution in [1.82, 2.24) is 5.32 Å². The summed E-state index contributed by atoms with van der Waals surface area (Å²) < 4.78 is 13.5. The van der Waals surface area contributed by atoms with Crippen LogP contribution in [0.25, 0.3) is 0 Å². The van der Waals surface area contributed by atoms with E-state index in [9.17, 15) is 4.39 Å². The van der Waals surface area contributed by atoms with Crippen LogP contribution in [0.1, 0.15) is 18.1 Å². The summed E-state index contributed by atoms with van der Waals surface area (Å²) in [6, 6.07) is 15.2. The van der Waals surface area contributed by atoms with E-state index in [1.807, 2.05) is 18.2 Å². The van der Waals surface area contributed by atoms with Crippen LogP contribution in [0.4, 0.5) is 4.39 Å². The Bertz CT molecular complexity index is 528. The van der Waals surface area contributed by atoms with Crippen molar-refractivity contribution in [2.24, 2.45) is 0 Å². The highest BCUT2D eigenvalue weighted by Crippen LogP contribution is 2.15. The van der Waals surface area contributed by atoms with E-state index >= 15 is 0 Å². The molecule has 0 spiro atoms. The quantitative estimate of drug-likeness (QED) is 0.864. The molecule has 1 atom stereocenters. The van der Waals surface area contributed by atoms with Gasteiger partial charge in [-0.15, -0.1) is 0 Å². The summed E-state index contributed by atoms with van der Waals surface area (Å²) in [4.78, 5) is 0. The maximum atomic E-state index is 13.5. The van der Waals surface area contributed by atoms with Crippen LogP contribution >= 0.6 is 11.6 Å². The lowest BCUT2D eigenvalue weighted by atomic mass is 10.1. The van der Waals surface area contributed by atoms with Crippen molar-refractivity contribution in [3.63, 3.8) is 0 Å². The van der Waals surface area contributed by atoms with Crippen LogP contribution in [0.2, 0.25) is 5.02 Å². The molecule has 2 rings (SSSR count). The smallest absolute Gasteiger partial charge is 0.127 e. The average Bonchev–Trinajstić information content (AvgIpc) is 2.41. The molecule has 1 N–H and O–H groups in total. The molecule has 0 aliphatic rings. The first-order chi connectivity index (χ1) is 9.15. The Morgan fingerprint density at radius 3 is 2.63 bits per heavy atom. The normalized spacial score (nSPS) is 12.4. The molecule has 0 amide bonds. The predicted octanol–water partition coefficient (Wildman–Crippen LogP) is 4.20. The predicted molar refractivity (Wildman–Crippen MR) is 77.9 cm³/mol. The van der Waals surface area contributed by atoms with E-state index in [1.54, 1.807) is 12.1 Å². The molecule has 1 nitrogen and oxygen atoms in total. The van der Waals surface area contributed by atoms with Crippen LogP contribution < -0.4 is 5.32 Å². The minimum Gasteiger partial charge on any atom is -0.310 e. The first kappa shape index (κ1) is 14.0. The van der Waals surface area contributed by atoms with E-state index in [0.717, 1.165) is 6.42 Å². The Morgan fingerprint density at radius 2 is 1.89 bits per heavy atom. The van der Waals surface area contributed by atoms with Crippen molar-refractivity contribution in [3.05, 3.63) is 70.5 Å². The van der Waals surface area contributed by atoms with Crippen LogP contribution in [0.5, 0.6) is 0 Å². The monoisotopic (exact) mass is 277 g/mol. The third-order valence-electron chi connectivity index (χ3n) is 3.03. The van der Waals surface area contributed by atoms with Crippen molar-refractivity contribution in [2.45, 2.75) is 25.9 Å². The average molecular weight is 278 g/mol. The summed E-state index contributed by atoms with van der Waals surface area (Å²) in [6.45, 7) is 2.58. The van der Waals surface area contributed by atoms with Gasteiger partial charge in [-0.25, -0.2) is 4.39 Å². The zero-order chi connectivity index (χ0) is 13.7. The summed E-state index contributed by atoms with van der Waals surface area (Å²) in [5.41, 5.74) is 1.88. The third kappa shape index (κ3) is 4.34. The minimum atomic E-state index is -0.219. The number of hydrogen-bond donors (Lipinski definition) is 1. The lowest BCUT2D eigenvalue weighted by molar-refractivity contribution is 0.525. The fourth-order valence-electron chi connectivity index (χ4n) is 2.00. The largest absolute Gasteiger partial charge is 0.310 e. The van der Waals surface area contributed by atoms with Gasteiger partial charge < -0.3 is 5.32 Å². The topological polar surface area (TPSA) is 12.0 Å². The maximum Gasteiger partial charge on any atom is 0.127 e. The van der Waals surface area contributed by atoms with Crippen LogP contribution in [-0.2, 0) is 13.0 Å². The molecule has 2 aromatic rings. The highest BCUT2D eigenvalue weighted by atomic mass is 35.5. The molecule has 0 aromatic heterocycles. The van der Waals surface area contributed by atoms with E-state index < -0.39 is 0 Å². The Labute approximate surface area is 118 Å². The van der Waals surface area contributed by atoms with Gasteiger partial charge in [-0.1, -0.05) is 41.9 Å². The van der Waals surface area contributed by atoms with E-state index in [4.69, 9.17) is 11.6 Å². The molecule has 0 bridgehead atoms. The van der Waals surface area contributed by atoms with Gasteiger partial charge in [0.1, 0.15) is 5.82 Å². The first-order valence-electron chi connectivity index (χ1n) is 6.36. The van der Waals surface area contributed by atoms with E-state index in [1.165, 1.54) is 11.6 Å². The van der Waals surface area contributed by atoms with Crippen LogP contribution in [0.15, 0.2) is 48.5 Å². The lowest BCUT2D eigenvalue weighted by Gasteiger charge is -2.14. The number of halogens is 2. The van der Waals surface area contributed by atoms with Gasteiger partial charge in [-0.2, -0.15) is 0 Å². The number of hydrogen-bond acceptors (Lipinski definition) is 1. The Balaban J connectivity index is 1.90. The molecule has 0 aliphatic heterocycles. The SMILES string of the molecule is CC(Cc1ccccc1)NCc1cc(Cl)ccc1F. The van der Waals surface area contributed by atoms with Gasteiger partial charge in [0.2, 0.25) is 0 Å². The molecule has 0 fully saturated rings. The maximum absolute atomic E-state index is 13.5. The zero-order valence-corrected chi connectivity index (χ0v) is 11.6. The van der Waals surface area contributed by atoms with Crippen LogP contribution in [-0.4, -0.2) is 6.04 Å². The second kappa shape index (κ2) is 6.69. The van der Waals surface area contributed by atoms with Gasteiger partial charge in [-0.05, 0) is 37.1 Å². The summed E-state index contributed by atoms with van der Waals surface area (Å²) >= 11 is 5.87. The molecule has 3 heteroatoms. The van der Waals surface area contributed by atoms with Gasteiger partial charge in [0.25, 0.3) is 0 Å². The molecule has 0 saturated carbocycles. The summed E-state index contributed by atoms with van der Waals surface area (Å²) in [7, 11) is 0. The summed E-state index contributed by atoms with van der Waals surface area (Å²) in [5, 5.41) is 3.88. The van der Waals surface area contributed by atoms with E-state index in [0.29, 0.717) is 17.1 Å². The molecule has 19 heavy (non-hydrogen) atoms. The molecule has 100 valence electrons. The van der Waals surface area contributed by atoms with E-state index in [-0.39, 0.29) is 11.9 Å². The summed E-state index contributed by atoms with van der Waals surface area (Å²) in [6.07, 6.45) is 0.920. The van der Waals surface area contributed by atoms with Gasteiger partial charge in [0.15, 0.2) is 0 Å². The van der Waals surface area contributed by atoms with Crippen molar-refractivity contribution < 1.29 is 4.39 Å². The molecule has 0 heterocycles. The molecule has 0 aliphatic carbocycles. The van der Waals surface area contributed by atoms with Gasteiger partial charge in [0, 0.05) is 23.2 Å². The third-order valence-corrected chi connectivity index (χ3v) is 3.27. The van der Waals surface area contributed by atoms with Crippen LogP contribution in [0, 0.1) is 5.82 Å². The fraction of sp³-hybridized carbons (Fsp3) is 0.250. The molecular weight excluding hydrogens is 261 g/mol. The lowest BCUT2D eigenvalue weighted by Crippen LogP contribution is -2.27.